The lowest BCUT2D eigenvalue weighted by Crippen LogP contribution is -2.55. The Kier molecular flexibility index (Phi) is 5.86. The maximum absolute atomic E-state index is 9.48. The van der Waals surface area contributed by atoms with Gasteiger partial charge in [0.25, 0.3) is 0 Å². The Bertz CT molecular complexity index is 964. The van der Waals surface area contributed by atoms with E-state index in [1.807, 2.05) is 18.2 Å². The third-order valence-corrected chi connectivity index (χ3v) is 5.75. The number of rotatable bonds is 7. The van der Waals surface area contributed by atoms with E-state index in [0.717, 1.165) is 35.3 Å². The second-order valence-corrected chi connectivity index (χ2v) is 8.04. The topological polar surface area (TPSA) is 113 Å². The first-order valence-corrected chi connectivity index (χ1v) is 10.1. The van der Waals surface area contributed by atoms with Crippen LogP contribution in [-0.2, 0) is 11.3 Å². The number of nitrogens with one attached hydrogen (secondary N) is 1. The third-order valence-electron chi connectivity index (χ3n) is 5.45. The van der Waals surface area contributed by atoms with E-state index in [9.17, 15) is 10.2 Å². The fourth-order valence-corrected chi connectivity index (χ4v) is 3.97. The summed E-state index contributed by atoms with van der Waals surface area (Å²) in [6, 6.07) is 11.5. The third kappa shape index (κ3) is 3.97. The number of amidine groups is 1. The summed E-state index contributed by atoms with van der Waals surface area (Å²) in [6.45, 7) is 0.612. The van der Waals surface area contributed by atoms with Gasteiger partial charge in [-0.05, 0) is 42.3 Å². The summed E-state index contributed by atoms with van der Waals surface area (Å²) in [6.07, 6.45) is 0.349. The first-order chi connectivity index (χ1) is 14.5. The summed E-state index contributed by atoms with van der Waals surface area (Å²) in [7, 11) is 1.57. The number of hydroxylamine groups is 1. The molecule has 1 atom stereocenters. The minimum absolute atomic E-state index is 0.276. The van der Waals surface area contributed by atoms with Crippen LogP contribution in [0.15, 0.2) is 41.4 Å². The fraction of sp³-hybridized carbons (Fsp3) is 0.381. The molecule has 160 valence electrons. The molecular weight excluding hydrogens is 408 g/mol. The van der Waals surface area contributed by atoms with Crippen molar-refractivity contribution in [2.75, 3.05) is 38.3 Å². The van der Waals surface area contributed by atoms with Crippen LogP contribution in [0.25, 0.3) is 0 Å². The molecule has 4 rings (SSSR count). The number of halogens is 1. The number of hydrogen-bond acceptors (Lipinski definition) is 8. The van der Waals surface area contributed by atoms with Crippen molar-refractivity contribution in [2.45, 2.75) is 18.2 Å². The molecule has 0 aliphatic carbocycles. The van der Waals surface area contributed by atoms with Gasteiger partial charge in [0.15, 0.2) is 5.84 Å². The molecule has 0 fully saturated rings. The Hall–Kier alpha value is -2.36. The van der Waals surface area contributed by atoms with E-state index < -0.39 is 11.8 Å². The number of benzene rings is 2. The number of fused-ring (bicyclic) bond motifs is 1. The predicted octanol–water partition coefficient (Wildman–Crippen LogP) is 1.37. The molecule has 2 aromatic rings. The van der Waals surface area contributed by atoms with E-state index in [1.165, 1.54) is 0 Å². The second-order valence-electron chi connectivity index (χ2n) is 7.64. The van der Waals surface area contributed by atoms with Crippen molar-refractivity contribution in [3.8, 4) is 5.75 Å². The van der Waals surface area contributed by atoms with E-state index in [-0.39, 0.29) is 13.2 Å². The van der Waals surface area contributed by atoms with Crippen LogP contribution in [0.5, 0.6) is 5.75 Å². The molecule has 0 bridgehead atoms. The molecule has 8 nitrogen and oxygen atoms in total. The smallest absolute Gasteiger partial charge is 0.202 e. The van der Waals surface area contributed by atoms with Gasteiger partial charge in [0.2, 0.25) is 6.23 Å². The van der Waals surface area contributed by atoms with Crippen molar-refractivity contribution < 1.29 is 19.8 Å². The Labute approximate surface area is 179 Å². The van der Waals surface area contributed by atoms with Crippen molar-refractivity contribution in [3.63, 3.8) is 0 Å². The van der Waals surface area contributed by atoms with Crippen LogP contribution in [0.3, 0.4) is 0 Å². The second kappa shape index (κ2) is 8.41. The molecular formula is C21H25ClN4O4. The van der Waals surface area contributed by atoms with E-state index >= 15 is 0 Å². The van der Waals surface area contributed by atoms with Gasteiger partial charge in [-0.3, -0.25) is 0 Å². The van der Waals surface area contributed by atoms with Gasteiger partial charge in [-0.15, -0.1) is 0 Å². The fourth-order valence-electron chi connectivity index (χ4n) is 3.71. The first kappa shape index (κ1) is 20.9. The number of nitrogens with zero attached hydrogens (tertiary/aromatic N) is 2. The minimum Gasteiger partial charge on any atom is -0.495 e. The van der Waals surface area contributed by atoms with E-state index in [4.69, 9.17) is 26.9 Å². The highest BCUT2D eigenvalue weighted by atomic mass is 35.5. The zero-order valence-electron chi connectivity index (χ0n) is 16.6. The van der Waals surface area contributed by atoms with Gasteiger partial charge in [-0.1, -0.05) is 17.7 Å². The zero-order chi connectivity index (χ0) is 21.3. The van der Waals surface area contributed by atoms with Crippen molar-refractivity contribution in [1.29, 1.82) is 0 Å². The van der Waals surface area contributed by atoms with Crippen molar-refractivity contribution in [1.82, 2.24) is 5.48 Å². The molecule has 0 aromatic heterocycles. The summed E-state index contributed by atoms with van der Waals surface area (Å²) >= 11 is 6.21. The molecule has 0 saturated heterocycles. The van der Waals surface area contributed by atoms with Gasteiger partial charge >= 0.3 is 0 Å². The first-order valence-electron chi connectivity index (χ1n) is 9.68. The number of aliphatic hydroxyl groups excluding tert-OH is 2. The van der Waals surface area contributed by atoms with Crippen molar-refractivity contribution in [3.05, 3.63) is 58.1 Å². The highest BCUT2D eigenvalue weighted by Crippen LogP contribution is 2.33. The molecule has 5 N–H and O–H groups in total. The number of nitrogens with two attached hydrogens (primary N) is 1. The number of methoxy groups -OCH3 is 1. The van der Waals surface area contributed by atoms with Gasteiger partial charge < -0.3 is 25.6 Å². The number of aliphatic imine (C=N–C) groups is 1. The van der Waals surface area contributed by atoms with E-state index in [1.54, 1.807) is 19.2 Å². The van der Waals surface area contributed by atoms with Crippen LogP contribution in [0.2, 0.25) is 5.02 Å². The maximum atomic E-state index is 9.48. The Morgan fingerprint density at radius 2 is 2.10 bits per heavy atom. The van der Waals surface area contributed by atoms with Crippen LogP contribution in [0, 0.1) is 0 Å². The average molecular weight is 433 g/mol. The monoisotopic (exact) mass is 432 g/mol. The molecule has 30 heavy (non-hydrogen) atoms. The zero-order valence-corrected chi connectivity index (χ0v) is 17.4. The molecule has 0 saturated carbocycles. The molecule has 2 heterocycles. The molecule has 0 spiro atoms. The normalized spacial score (nSPS) is 18.2. The van der Waals surface area contributed by atoms with Gasteiger partial charge in [0.1, 0.15) is 5.75 Å². The Balaban J connectivity index is 1.52. The van der Waals surface area contributed by atoms with Gasteiger partial charge in [-0.2, -0.15) is 0 Å². The van der Waals surface area contributed by atoms with Gasteiger partial charge in [-0.25, -0.2) is 15.3 Å². The van der Waals surface area contributed by atoms with Gasteiger partial charge in [0.05, 0.1) is 30.9 Å². The molecule has 0 amide bonds. The summed E-state index contributed by atoms with van der Waals surface area (Å²) in [5.74, 6) is 1.25. The average Bonchev–Trinajstić information content (AvgIpc) is 3.41. The standard InChI is InChI=1S/C21H25ClN4O4/c1-29-18-5-3-15(9-16(18)22)20-24-19(25-30-20)14-2-4-17-13(8-14)6-7-26(17)10-21(23,11-27)12-28/h2-5,8-9,20,27-28H,6-7,10-12,23H2,1H3,(H,24,25). The van der Waals surface area contributed by atoms with E-state index in [2.05, 4.69) is 21.4 Å². The molecule has 0 radical (unpaired) electrons. The maximum Gasteiger partial charge on any atom is 0.202 e. The van der Waals surface area contributed by atoms with Crippen LogP contribution in [0.4, 0.5) is 5.69 Å². The SMILES string of the molecule is COc1ccc(C2N=C(c3ccc4c(c3)CCN4CC(N)(CO)CO)NO2)cc1Cl. The number of aliphatic hydroxyl groups is 2. The summed E-state index contributed by atoms with van der Waals surface area (Å²) in [5.41, 5.74) is 11.9. The largest absolute Gasteiger partial charge is 0.495 e. The number of hydrogen-bond donors (Lipinski definition) is 4. The van der Waals surface area contributed by atoms with Gasteiger partial charge in [0, 0.05) is 29.9 Å². The van der Waals surface area contributed by atoms with E-state index in [0.29, 0.717) is 23.2 Å². The van der Waals surface area contributed by atoms with Crippen LogP contribution >= 0.6 is 11.6 Å². The molecule has 2 aliphatic heterocycles. The summed E-state index contributed by atoms with van der Waals surface area (Å²) in [5, 5.41) is 19.5. The lowest BCUT2D eigenvalue weighted by molar-refractivity contribution is 0.0377. The Morgan fingerprint density at radius 1 is 1.30 bits per heavy atom. The highest BCUT2D eigenvalue weighted by Gasteiger charge is 2.30. The predicted molar refractivity (Wildman–Crippen MR) is 115 cm³/mol. The van der Waals surface area contributed by atoms with Crippen molar-refractivity contribution >= 4 is 23.1 Å². The van der Waals surface area contributed by atoms with Crippen LogP contribution in [0.1, 0.15) is 22.9 Å². The summed E-state index contributed by atoms with van der Waals surface area (Å²) < 4.78 is 5.19. The molecule has 1 unspecified atom stereocenters. The van der Waals surface area contributed by atoms with Crippen LogP contribution in [-0.4, -0.2) is 55.0 Å². The molecule has 2 aliphatic rings. The molecule has 9 heteroatoms. The van der Waals surface area contributed by atoms with Crippen molar-refractivity contribution in [2.24, 2.45) is 10.7 Å². The van der Waals surface area contributed by atoms with Crippen LogP contribution < -0.4 is 20.9 Å². The molecule has 2 aromatic carbocycles. The lowest BCUT2D eigenvalue weighted by atomic mass is 10.0. The summed E-state index contributed by atoms with van der Waals surface area (Å²) in [4.78, 5) is 12.4. The lowest BCUT2D eigenvalue weighted by Gasteiger charge is -2.31. The number of anilines is 1. The highest BCUT2D eigenvalue weighted by molar-refractivity contribution is 6.32. The number of ether oxygens (including phenoxy) is 1. The quantitative estimate of drug-likeness (QED) is 0.522. The minimum atomic E-state index is -1.03. The Morgan fingerprint density at radius 3 is 2.80 bits per heavy atom.